The van der Waals surface area contributed by atoms with Crippen LogP contribution in [0.3, 0.4) is 0 Å². The highest BCUT2D eigenvalue weighted by Crippen LogP contribution is 2.31. The Kier molecular flexibility index (Phi) is 4.54. The molecule has 0 saturated carbocycles. The first kappa shape index (κ1) is 18.7. The number of carbonyl (C=O) groups is 1. The van der Waals surface area contributed by atoms with E-state index in [4.69, 9.17) is 0 Å². The Hall–Kier alpha value is -3.68. The molecule has 4 nitrogen and oxygen atoms in total. The summed E-state index contributed by atoms with van der Waals surface area (Å²) < 4.78 is 53.5. The van der Waals surface area contributed by atoms with Crippen LogP contribution in [-0.4, -0.2) is 15.3 Å². The van der Waals surface area contributed by atoms with Crippen molar-refractivity contribution in [1.29, 1.82) is 0 Å². The second-order valence-electron chi connectivity index (χ2n) is 6.28. The van der Waals surface area contributed by atoms with E-state index in [9.17, 15) is 22.4 Å². The number of hydrogen-bond donors (Lipinski definition) is 1. The summed E-state index contributed by atoms with van der Waals surface area (Å²) in [4.78, 5) is 17.1. The highest BCUT2D eigenvalue weighted by atomic mass is 19.4. The fourth-order valence-electron chi connectivity index (χ4n) is 2.94. The molecule has 0 saturated heterocycles. The van der Waals surface area contributed by atoms with Gasteiger partial charge in [-0.05, 0) is 48.5 Å². The van der Waals surface area contributed by atoms with Crippen molar-refractivity contribution in [2.24, 2.45) is 0 Å². The summed E-state index contributed by atoms with van der Waals surface area (Å²) in [6.45, 7) is 0. The van der Waals surface area contributed by atoms with Crippen LogP contribution in [0.4, 0.5) is 23.4 Å². The summed E-state index contributed by atoms with van der Waals surface area (Å²) in [5.41, 5.74) is 0.528. The van der Waals surface area contributed by atoms with E-state index in [2.05, 4.69) is 10.3 Å². The molecule has 0 aliphatic carbocycles. The SMILES string of the molecule is O=C(Nc1c(-c2cccc(F)c2)nc2ccccn12)c1ccc(C(F)(F)F)cc1. The van der Waals surface area contributed by atoms with Gasteiger partial charge in [0.25, 0.3) is 5.91 Å². The number of benzene rings is 2. The third-order valence-electron chi connectivity index (χ3n) is 4.33. The van der Waals surface area contributed by atoms with Gasteiger partial charge in [-0.25, -0.2) is 9.37 Å². The molecule has 1 amide bonds. The van der Waals surface area contributed by atoms with Crippen LogP contribution in [-0.2, 0) is 6.18 Å². The zero-order chi connectivity index (χ0) is 20.6. The molecule has 0 fully saturated rings. The molecule has 4 aromatic rings. The Morgan fingerprint density at radius 3 is 2.41 bits per heavy atom. The molecular formula is C21H13F4N3O. The zero-order valence-electron chi connectivity index (χ0n) is 14.7. The minimum atomic E-state index is -4.48. The molecule has 2 aromatic heterocycles. The van der Waals surface area contributed by atoms with Gasteiger partial charge in [0, 0.05) is 17.3 Å². The smallest absolute Gasteiger partial charge is 0.306 e. The van der Waals surface area contributed by atoms with Crippen LogP contribution in [0, 0.1) is 5.82 Å². The first-order chi connectivity index (χ1) is 13.8. The van der Waals surface area contributed by atoms with Crippen molar-refractivity contribution in [3.8, 4) is 11.3 Å². The Labute approximate surface area is 162 Å². The van der Waals surface area contributed by atoms with Gasteiger partial charge in [0.2, 0.25) is 0 Å². The maximum atomic E-state index is 13.7. The number of halogens is 4. The number of alkyl halides is 3. The average Bonchev–Trinajstić information content (AvgIpc) is 3.06. The van der Waals surface area contributed by atoms with Gasteiger partial charge in [-0.3, -0.25) is 9.20 Å². The van der Waals surface area contributed by atoms with Crippen LogP contribution in [0.15, 0.2) is 72.9 Å². The first-order valence-corrected chi connectivity index (χ1v) is 8.54. The molecule has 8 heteroatoms. The lowest BCUT2D eigenvalue weighted by Crippen LogP contribution is -2.14. The summed E-state index contributed by atoms with van der Waals surface area (Å²) in [5.74, 6) is -0.780. The van der Waals surface area contributed by atoms with Crippen LogP contribution in [0.1, 0.15) is 15.9 Å². The van der Waals surface area contributed by atoms with Crippen LogP contribution >= 0.6 is 0 Å². The number of pyridine rings is 1. The summed E-state index contributed by atoms with van der Waals surface area (Å²) >= 11 is 0. The number of anilines is 1. The van der Waals surface area contributed by atoms with Gasteiger partial charge < -0.3 is 5.32 Å². The lowest BCUT2D eigenvalue weighted by atomic mass is 10.1. The number of imidazole rings is 1. The summed E-state index contributed by atoms with van der Waals surface area (Å²) in [7, 11) is 0. The fourth-order valence-corrected chi connectivity index (χ4v) is 2.94. The molecule has 2 heterocycles. The predicted octanol–water partition coefficient (Wildman–Crippen LogP) is 5.41. The van der Waals surface area contributed by atoms with Crippen LogP contribution in [0.5, 0.6) is 0 Å². The standard InChI is InChI=1S/C21H13F4N3O/c22-16-5-3-4-14(12-16)18-19(28-11-2-1-6-17(28)26-18)27-20(29)13-7-9-15(10-8-13)21(23,24)25/h1-12H,(H,27,29). The lowest BCUT2D eigenvalue weighted by molar-refractivity contribution is -0.137. The average molecular weight is 399 g/mol. The number of nitrogens with zero attached hydrogens (tertiary/aromatic N) is 2. The summed E-state index contributed by atoms with van der Waals surface area (Å²) in [6, 6.07) is 14.9. The number of carbonyl (C=O) groups excluding carboxylic acids is 1. The zero-order valence-corrected chi connectivity index (χ0v) is 14.7. The molecule has 4 rings (SSSR count). The third kappa shape index (κ3) is 3.69. The number of rotatable bonds is 3. The molecule has 0 radical (unpaired) electrons. The highest BCUT2D eigenvalue weighted by molar-refractivity contribution is 6.05. The van der Waals surface area contributed by atoms with Crippen molar-refractivity contribution in [3.05, 3.63) is 89.9 Å². The van der Waals surface area contributed by atoms with Crippen molar-refractivity contribution in [1.82, 2.24) is 9.38 Å². The normalized spacial score (nSPS) is 11.6. The molecule has 0 unspecified atom stereocenters. The van der Waals surface area contributed by atoms with E-state index in [1.807, 2.05) is 0 Å². The van der Waals surface area contributed by atoms with Crippen molar-refractivity contribution in [2.75, 3.05) is 5.32 Å². The van der Waals surface area contributed by atoms with Gasteiger partial charge in [-0.1, -0.05) is 18.2 Å². The quantitative estimate of drug-likeness (QED) is 0.468. The molecule has 0 aliphatic rings. The highest BCUT2D eigenvalue weighted by Gasteiger charge is 2.30. The van der Waals surface area contributed by atoms with Gasteiger partial charge in [0.1, 0.15) is 23.0 Å². The monoisotopic (exact) mass is 399 g/mol. The largest absolute Gasteiger partial charge is 0.416 e. The maximum absolute atomic E-state index is 13.7. The Morgan fingerprint density at radius 1 is 0.966 bits per heavy atom. The molecule has 0 atom stereocenters. The molecule has 0 spiro atoms. The van der Waals surface area contributed by atoms with E-state index in [-0.39, 0.29) is 11.4 Å². The van der Waals surface area contributed by atoms with Gasteiger partial charge in [0.05, 0.1) is 5.56 Å². The molecule has 2 aromatic carbocycles. The van der Waals surface area contributed by atoms with E-state index in [0.717, 1.165) is 24.3 Å². The van der Waals surface area contributed by atoms with Crippen molar-refractivity contribution < 1.29 is 22.4 Å². The van der Waals surface area contributed by atoms with Gasteiger partial charge in [-0.15, -0.1) is 0 Å². The number of nitrogens with one attached hydrogen (secondary N) is 1. The van der Waals surface area contributed by atoms with E-state index < -0.39 is 23.5 Å². The maximum Gasteiger partial charge on any atom is 0.416 e. The second kappa shape index (κ2) is 7.05. The topological polar surface area (TPSA) is 46.4 Å². The third-order valence-corrected chi connectivity index (χ3v) is 4.33. The molecular weight excluding hydrogens is 386 g/mol. The lowest BCUT2D eigenvalue weighted by Gasteiger charge is -2.10. The van der Waals surface area contributed by atoms with Gasteiger partial charge >= 0.3 is 6.18 Å². The fraction of sp³-hybridized carbons (Fsp3) is 0.0476. The number of hydrogen-bond acceptors (Lipinski definition) is 2. The number of fused-ring (bicyclic) bond motifs is 1. The van der Waals surface area contributed by atoms with Crippen LogP contribution in [0.2, 0.25) is 0 Å². The van der Waals surface area contributed by atoms with Crippen LogP contribution in [0.25, 0.3) is 16.9 Å². The van der Waals surface area contributed by atoms with E-state index in [1.54, 1.807) is 34.9 Å². The Balaban J connectivity index is 1.74. The second-order valence-corrected chi connectivity index (χ2v) is 6.28. The number of amides is 1. The molecule has 0 bridgehead atoms. The van der Waals surface area contributed by atoms with Crippen LogP contribution < -0.4 is 5.32 Å². The molecule has 29 heavy (non-hydrogen) atoms. The minimum absolute atomic E-state index is 0.0501. The molecule has 146 valence electrons. The minimum Gasteiger partial charge on any atom is -0.306 e. The predicted molar refractivity (Wildman–Crippen MR) is 100.0 cm³/mol. The number of aromatic nitrogens is 2. The van der Waals surface area contributed by atoms with Crippen molar-refractivity contribution >= 4 is 17.4 Å². The van der Waals surface area contributed by atoms with E-state index >= 15 is 0 Å². The van der Waals surface area contributed by atoms with Gasteiger partial charge in [0.15, 0.2) is 0 Å². The summed E-state index contributed by atoms with van der Waals surface area (Å²) in [5, 5.41) is 2.68. The Bertz CT molecular complexity index is 1200. The van der Waals surface area contributed by atoms with Crippen molar-refractivity contribution in [3.63, 3.8) is 0 Å². The van der Waals surface area contributed by atoms with Crippen molar-refractivity contribution in [2.45, 2.75) is 6.18 Å². The van der Waals surface area contributed by atoms with E-state index in [0.29, 0.717) is 16.9 Å². The molecule has 0 aliphatic heterocycles. The van der Waals surface area contributed by atoms with Gasteiger partial charge in [-0.2, -0.15) is 13.2 Å². The first-order valence-electron chi connectivity index (χ1n) is 8.54. The molecule has 1 N–H and O–H groups in total. The summed E-state index contributed by atoms with van der Waals surface area (Å²) in [6.07, 6.45) is -2.81. The van der Waals surface area contributed by atoms with E-state index in [1.165, 1.54) is 18.2 Å². The Morgan fingerprint density at radius 2 is 1.72 bits per heavy atom.